The second-order valence-electron chi connectivity index (χ2n) is 4.91. The summed E-state index contributed by atoms with van der Waals surface area (Å²) in [5.41, 5.74) is 0.303. The lowest BCUT2D eigenvalue weighted by molar-refractivity contribution is 0.122. The van der Waals surface area contributed by atoms with Crippen molar-refractivity contribution in [3.63, 3.8) is 0 Å². The number of para-hydroxylation sites is 1. The Morgan fingerprint density at radius 1 is 1.18 bits per heavy atom. The topological polar surface area (TPSA) is 9.23 Å². The summed E-state index contributed by atoms with van der Waals surface area (Å²) < 4.78 is 5.91. The molecule has 1 aliphatic rings. The molecule has 1 saturated carbocycles. The Bertz CT molecular complexity index is 361. The minimum atomic E-state index is 0.303. The van der Waals surface area contributed by atoms with Gasteiger partial charge in [0.15, 0.2) is 0 Å². The molecule has 1 aliphatic carbocycles. The van der Waals surface area contributed by atoms with Gasteiger partial charge in [-0.25, -0.2) is 0 Å². The third-order valence-electron chi connectivity index (χ3n) is 3.57. The Morgan fingerprint density at radius 3 is 2.53 bits per heavy atom. The zero-order valence-corrected chi connectivity index (χ0v) is 12.3. The van der Waals surface area contributed by atoms with Crippen LogP contribution in [0, 0.1) is 5.41 Å². The van der Waals surface area contributed by atoms with Crippen LogP contribution in [0.4, 0.5) is 0 Å². The maximum absolute atomic E-state index is 6.09. The highest BCUT2D eigenvalue weighted by atomic mass is 79.9. The number of rotatable bonds is 4. The van der Waals surface area contributed by atoms with Gasteiger partial charge < -0.3 is 4.74 Å². The Hall–Kier alpha value is -0.210. The summed E-state index contributed by atoms with van der Waals surface area (Å²) in [6, 6.07) is 7.70. The molecule has 1 fully saturated rings. The van der Waals surface area contributed by atoms with E-state index in [0.717, 1.165) is 17.7 Å². The molecule has 0 saturated heterocycles. The standard InChI is InChI=1S/C14H18BrClO/c15-10-14(8-4-1-5-9-14)11-17-13-7-3-2-6-12(13)16/h2-3,6-7H,1,4-5,8-11H2. The summed E-state index contributed by atoms with van der Waals surface area (Å²) >= 11 is 9.74. The number of alkyl halides is 1. The highest BCUT2D eigenvalue weighted by Gasteiger charge is 2.31. The van der Waals surface area contributed by atoms with E-state index in [4.69, 9.17) is 16.3 Å². The summed E-state index contributed by atoms with van der Waals surface area (Å²) in [6.07, 6.45) is 6.50. The SMILES string of the molecule is Clc1ccccc1OCC1(CBr)CCCCC1. The number of benzene rings is 1. The molecule has 0 spiro atoms. The normalized spacial score (nSPS) is 18.9. The molecule has 0 bridgehead atoms. The molecule has 1 nitrogen and oxygen atoms in total. The average molecular weight is 318 g/mol. The van der Waals surface area contributed by atoms with Crippen molar-refractivity contribution in [2.45, 2.75) is 32.1 Å². The highest BCUT2D eigenvalue weighted by Crippen LogP contribution is 2.38. The van der Waals surface area contributed by atoms with Crippen molar-refractivity contribution < 1.29 is 4.74 Å². The second-order valence-corrected chi connectivity index (χ2v) is 5.88. The number of hydrogen-bond donors (Lipinski definition) is 0. The number of ether oxygens (including phenoxy) is 1. The summed E-state index contributed by atoms with van der Waals surface area (Å²) in [4.78, 5) is 0. The van der Waals surface area contributed by atoms with Gasteiger partial charge in [0.2, 0.25) is 0 Å². The first-order valence-electron chi connectivity index (χ1n) is 6.19. The smallest absolute Gasteiger partial charge is 0.137 e. The van der Waals surface area contributed by atoms with Gasteiger partial charge in [-0.3, -0.25) is 0 Å². The third kappa shape index (κ3) is 3.38. The molecule has 0 atom stereocenters. The van der Waals surface area contributed by atoms with Crippen molar-refractivity contribution in [2.75, 3.05) is 11.9 Å². The van der Waals surface area contributed by atoms with E-state index in [1.54, 1.807) is 0 Å². The van der Waals surface area contributed by atoms with E-state index in [0.29, 0.717) is 10.4 Å². The molecule has 0 heterocycles. The summed E-state index contributed by atoms with van der Waals surface area (Å²) in [5.74, 6) is 0.806. The molecular weight excluding hydrogens is 300 g/mol. The fraction of sp³-hybridized carbons (Fsp3) is 0.571. The lowest BCUT2D eigenvalue weighted by Crippen LogP contribution is -2.32. The average Bonchev–Trinajstić information content (AvgIpc) is 2.39. The molecule has 2 rings (SSSR count). The first kappa shape index (κ1) is 13.2. The largest absolute Gasteiger partial charge is 0.491 e. The first-order chi connectivity index (χ1) is 8.26. The predicted octanol–water partition coefficient (Wildman–Crippen LogP) is 5.06. The van der Waals surface area contributed by atoms with Gasteiger partial charge in [0, 0.05) is 10.7 Å². The van der Waals surface area contributed by atoms with Crippen molar-refractivity contribution in [1.82, 2.24) is 0 Å². The van der Waals surface area contributed by atoms with E-state index in [-0.39, 0.29) is 0 Å². The lowest BCUT2D eigenvalue weighted by Gasteiger charge is -2.35. The molecule has 0 amide bonds. The molecule has 0 aliphatic heterocycles. The molecular formula is C14H18BrClO. The maximum atomic E-state index is 6.09. The maximum Gasteiger partial charge on any atom is 0.137 e. The minimum Gasteiger partial charge on any atom is -0.491 e. The van der Waals surface area contributed by atoms with Crippen LogP contribution in [0.15, 0.2) is 24.3 Å². The molecule has 0 aromatic heterocycles. The summed E-state index contributed by atoms with van der Waals surface area (Å²) in [7, 11) is 0. The van der Waals surface area contributed by atoms with E-state index < -0.39 is 0 Å². The first-order valence-corrected chi connectivity index (χ1v) is 7.69. The van der Waals surface area contributed by atoms with E-state index in [2.05, 4.69) is 15.9 Å². The van der Waals surface area contributed by atoms with Crippen LogP contribution in [0.3, 0.4) is 0 Å². The van der Waals surface area contributed by atoms with Crippen molar-refractivity contribution in [3.8, 4) is 5.75 Å². The van der Waals surface area contributed by atoms with Crippen molar-refractivity contribution >= 4 is 27.5 Å². The molecule has 0 unspecified atom stereocenters. The van der Waals surface area contributed by atoms with Crippen LogP contribution in [0.25, 0.3) is 0 Å². The van der Waals surface area contributed by atoms with E-state index >= 15 is 0 Å². The second kappa shape index (κ2) is 6.10. The number of halogens is 2. The van der Waals surface area contributed by atoms with Gasteiger partial charge >= 0.3 is 0 Å². The zero-order valence-electron chi connectivity index (χ0n) is 9.92. The van der Waals surface area contributed by atoms with Crippen LogP contribution in [0.1, 0.15) is 32.1 Å². The van der Waals surface area contributed by atoms with E-state index in [1.165, 1.54) is 32.1 Å². The zero-order chi connectivity index (χ0) is 12.1. The van der Waals surface area contributed by atoms with Crippen LogP contribution in [0.2, 0.25) is 5.02 Å². The minimum absolute atomic E-state index is 0.303. The van der Waals surface area contributed by atoms with Crippen LogP contribution in [-0.2, 0) is 0 Å². The van der Waals surface area contributed by atoms with Crippen LogP contribution < -0.4 is 4.74 Å². The molecule has 1 aromatic carbocycles. The van der Waals surface area contributed by atoms with Gasteiger partial charge in [-0.05, 0) is 25.0 Å². The predicted molar refractivity (Wildman–Crippen MR) is 76.3 cm³/mol. The fourth-order valence-electron chi connectivity index (χ4n) is 2.41. The lowest BCUT2D eigenvalue weighted by atomic mass is 9.76. The monoisotopic (exact) mass is 316 g/mol. The molecule has 17 heavy (non-hydrogen) atoms. The van der Waals surface area contributed by atoms with Gasteiger partial charge in [0.1, 0.15) is 5.75 Å². The van der Waals surface area contributed by atoms with Crippen molar-refractivity contribution in [1.29, 1.82) is 0 Å². The van der Waals surface area contributed by atoms with Gasteiger partial charge in [0.25, 0.3) is 0 Å². The van der Waals surface area contributed by atoms with Crippen molar-refractivity contribution in [3.05, 3.63) is 29.3 Å². The van der Waals surface area contributed by atoms with E-state index in [9.17, 15) is 0 Å². The Kier molecular flexibility index (Phi) is 4.75. The Morgan fingerprint density at radius 2 is 1.88 bits per heavy atom. The molecule has 0 radical (unpaired) electrons. The third-order valence-corrected chi connectivity index (χ3v) is 5.07. The summed E-state index contributed by atoms with van der Waals surface area (Å²) in [6.45, 7) is 0.766. The molecule has 3 heteroatoms. The molecule has 0 N–H and O–H groups in total. The Balaban J connectivity index is 1.98. The quantitative estimate of drug-likeness (QED) is 0.705. The van der Waals surface area contributed by atoms with Crippen LogP contribution in [0.5, 0.6) is 5.75 Å². The molecule has 94 valence electrons. The van der Waals surface area contributed by atoms with Crippen LogP contribution in [-0.4, -0.2) is 11.9 Å². The fourth-order valence-corrected chi connectivity index (χ4v) is 3.32. The van der Waals surface area contributed by atoms with Gasteiger partial charge in [0.05, 0.1) is 11.6 Å². The van der Waals surface area contributed by atoms with Crippen LogP contribution >= 0.6 is 27.5 Å². The number of hydrogen-bond acceptors (Lipinski definition) is 1. The van der Waals surface area contributed by atoms with E-state index in [1.807, 2.05) is 24.3 Å². The Labute approximate surface area is 117 Å². The summed E-state index contributed by atoms with van der Waals surface area (Å²) in [5, 5.41) is 1.72. The highest BCUT2D eigenvalue weighted by molar-refractivity contribution is 9.09. The van der Waals surface area contributed by atoms with Gasteiger partial charge in [-0.2, -0.15) is 0 Å². The van der Waals surface area contributed by atoms with Crippen molar-refractivity contribution in [2.24, 2.45) is 5.41 Å². The van der Waals surface area contributed by atoms with Gasteiger partial charge in [-0.15, -0.1) is 0 Å². The molecule has 1 aromatic rings. The van der Waals surface area contributed by atoms with Gasteiger partial charge in [-0.1, -0.05) is 58.9 Å².